The van der Waals surface area contributed by atoms with Crippen LogP contribution in [0.3, 0.4) is 0 Å². The summed E-state index contributed by atoms with van der Waals surface area (Å²) in [4.78, 5) is 40.6. The van der Waals surface area contributed by atoms with Gasteiger partial charge < -0.3 is 39.6 Å². The Morgan fingerprint density at radius 2 is 0.885 bits per heavy atom. The molecule has 10 heteroatoms. The third-order valence-corrected chi connectivity index (χ3v) is 2.36. The second kappa shape index (κ2) is 17.0. The minimum Gasteiger partial charge on any atom is -0.545 e. The Hall–Kier alpha value is -1.39. The molecule has 0 aliphatic carbocycles. The number of carboxylic acids is 4. The molecule has 0 unspecified atom stereocenters. The number of aliphatic carboxylic acids is 4. The van der Waals surface area contributed by atoms with E-state index in [9.17, 15) is 39.6 Å². The number of hydrogen-bond acceptors (Lipinski definition) is 8. The smallest absolute Gasteiger partial charge is 0.545 e. The zero-order chi connectivity index (χ0) is 19.4. The molecule has 0 aliphatic rings. The van der Waals surface area contributed by atoms with Crippen molar-refractivity contribution in [3.8, 4) is 0 Å². The Bertz CT molecular complexity index is 488. The van der Waals surface area contributed by atoms with Crippen LogP contribution in [0.1, 0.15) is 40.5 Å². The SMILES string of the molecule is CC(C)C/C(=C/C(=O)[O-])C(=O)[O-].CC(C)C/C(=C/C(=O)[O-])C(=O)[O-].[Zn+2].[Zn+2]. The van der Waals surface area contributed by atoms with Gasteiger partial charge in [-0.15, -0.1) is 0 Å². The van der Waals surface area contributed by atoms with Gasteiger partial charge in [-0.3, -0.25) is 0 Å². The van der Waals surface area contributed by atoms with Gasteiger partial charge in [0.2, 0.25) is 0 Å². The molecule has 136 valence electrons. The molecule has 0 radical (unpaired) electrons. The van der Waals surface area contributed by atoms with Crippen LogP contribution in [-0.2, 0) is 58.1 Å². The summed E-state index contributed by atoms with van der Waals surface area (Å²) in [5.41, 5.74) is -0.463. The molecule has 0 fully saturated rings. The molecule has 0 aromatic rings. The largest absolute Gasteiger partial charge is 2.00 e. The predicted octanol–water partition coefficient (Wildman–Crippen LogP) is -3.09. The van der Waals surface area contributed by atoms with E-state index < -0.39 is 23.9 Å². The topological polar surface area (TPSA) is 161 Å². The normalized spacial score (nSPS) is 10.8. The van der Waals surface area contributed by atoms with Gasteiger partial charge in [-0.05, 0) is 48.0 Å². The molecular formula is C16H20O8Zn2. The molecule has 8 nitrogen and oxygen atoms in total. The van der Waals surface area contributed by atoms with E-state index >= 15 is 0 Å². The summed E-state index contributed by atoms with van der Waals surface area (Å²) in [6.45, 7) is 7.14. The summed E-state index contributed by atoms with van der Waals surface area (Å²) in [6, 6.07) is 0. The maximum atomic E-state index is 10.3. The van der Waals surface area contributed by atoms with Crippen LogP contribution in [0.25, 0.3) is 0 Å². The van der Waals surface area contributed by atoms with Crippen molar-refractivity contribution in [2.75, 3.05) is 0 Å². The molecule has 26 heavy (non-hydrogen) atoms. The van der Waals surface area contributed by atoms with Gasteiger partial charge in [0.05, 0.1) is 23.9 Å². The number of carbonyl (C=O) groups is 4. The van der Waals surface area contributed by atoms with Gasteiger partial charge in [0.15, 0.2) is 0 Å². The molecule has 0 spiro atoms. The summed E-state index contributed by atoms with van der Waals surface area (Å²) < 4.78 is 0. The monoisotopic (exact) mass is 468 g/mol. The quantitative estimate of drug-likeness (QED) is 0.266. The minimum absolute atomic E-state index is 0. The average molecular weight is 471 g/mol. The van der Waals surface area contributed by atoms with Crippen LogP contribution in [0.4, 0.5) is 0 Å². The van der Waals surface area contributed by atoms with Crippen LogP contribution in [0, 0.1) is 11.8 Å². The van der Waals surface area contributed by atoms with E-state index in [-0.39, 0.29) is 74.8 Å². The van der Waals surface area contributed by atoms with Crippen molar-refractivity contribution in [1.29, 1.82) is 0 Å². The second-order valence-electron chi connectivity index (χ2n) is 5.75. The van der Waals surface area contributed by atoms with Gasteiger partial charge in [0.25, 0.3) is 0 Å². The summed E-state index contributed by atoms with van der Waals surface area (Å²) in [7, 11) is 0. The average Bonchev–Trinajstić information content (AvgIpc) is 2.35. The van der Waals surface area contributed by atoms with Crippen molar-refractivity contribution in [2.45, 2.75) is 40.5 Å². The number of carboxylic acid groups (broad SMARTS) is 4. The van der Waals surface area contributed by atoms with E-state index in [1.54, 1.807) is 27.7 Å². The number of hydrogen-bond donors (Lipinski definition) is 0. The molecule has 0 atom stereocenters. The van der Waals surface area contributed by atoms with Crippen LogP contribution in [0.5, 0.6) is 0 Å². The van der Waals surface area contributed by atoms with Crippen LogP contribution < -0.4 is 20.4 Å². The first kappa shape index (κ1) is 32.3. The predicted molar refractivity (Wildman–Crippen MR) is 75.1 cm³/mol. The molecule has 0 N–H and O–H groups in total. The van der Waals surface area contributed by atoms with Gasteiger partial charge in [0.1, 0.15) is 0 Å². The fraction of sp³-hybridized carbons (Fsp3) is 0.500. The van der Waals surface area contributed by atoms with Crippen molar-refractivity contribution in [3.63, 3.8) is 0 Å². The van der Waals surface area contributed by atoms with Crippen molar-refractivity contribution in [2.24, 2.45) is 11.8 Å². The summed E-state index contributed by atoms with van der Waals surface area (Å²) in [5.74, 6) is -5.76. The first-order chi connectivity index (χ1) is 10.9. The van der Waals surface area contributed by atoms with Gasteiger partial charge in [-0.25, -0.2) is 0 Å². The van der Waals surface area contributed by atoms with Crippen LogP contribution in [0.2, 0.25) is 0 Å². The Morgan fingerprint density at radius 3 is 1.00 bits per heavy atom. The minimum atomic E-state index is -1.50. The summed E-state index contributed by atoms with van der Waals surface area (Å²) >= 11 is 0. The number of carbonyl (C=O) groups excluding carboxylic acids is 4. The molecule has 0 aromatic carbocycles. The van der Waals surface area contributed by atoms with E-state index in [1.165, 1.54) is 0 Å². The zero-order valence-corrected chi connectivity index (χ0v) is 21.3. The fourth-order valence-electron chi connectivity index (χ4n) is 1.57. The first-order valence-corrected chi connectivity index (χ1v) is 7.12. The molecule has 0 aromatic heterocycles. The van der Waals surface area contributed by atoms with E-state index in [4.69, 9.17) is 0 Å². The van der Waals surface area contributed by atoms with Gasteiger partial charge in [0, 0.05) is 0 Å². The van der Waals surface area contributed by atoms with Crippen molar-refractivity contribution in [3.05, 3.63) is 23.3 Å². The van der Waals surface area contributed by atoms with E-state index in [0.29, 0.717) is 12.2 Å². The molecular weight excluding hydrogens is 451 g/mol. The maximum Gasteiger partial charge on any atom is 2.00 e. The fourth-order valence-corrected chi connectivity index (χ4v) is 1.57. The Morgan fingerprint density at radius 1 is 0.654 bits per heavy atom. The zero-order valence-electron chi connectivity index (χ0n) is 15.4. The first-order valence-electron chi connectivity index (χ1n) is 7.12. The summed E-state index contributed by atoms with van der Waals surface area (Å²) in [6.07, 6.45) is 1.48. The van der Waals surface area contributed by atoms with E-state index in [0.717, 1.165) is 0 Å². The van der Waals surface area contributed by atoms with Crippen molar-refractivity contribution >= 4 is 23.9 Å². The van der Waals surface area contributed by atoms with Crippen molar-refractivity contribution < 1.29 is 78.6 Å². The maximum absolute atomic E-state index is 10.3. The number of rotatable bonds is 8. The third-order valence-electron chi connectivity index (χ3n) is 2.36. The van der Waals surface area contributed by atoms with Crippen LogP contribution >= 0.6 is 0 Å². The van der Waals surface area contributed by atoms with Crippen LogP contribution in [0.15, 0.2) is 23.3 Å². The molecule has 0 bridgehead atoms. The third kappa shape index (κ3) is 20.7. The molecule has 0 amide bonds. The van der Waals surface area contributed by atoms with Crippen molar-refractivity contribution in [1.82, 2.24) is 0 Å². The summed E-state index contributed by atoms with van der Waals surface area (Å²) in [5, 5.41) is 40.6. The van der Waals surface area contributed by atoms with Gasteiger partial charge in [-0.1, -0.05) is 27.7 Å². The standard InChI is InChI=1S/2C8H12O4.2Zn/c2*1-5(2)3-6(8(11)12)4-7(9)10;;/h2*4-5H,3H2,1-2H3,(H,9,10)(H,11,12);;/q;;2*+2/p-4/b2*6-4-;;. The second-order valence-corrected chi connectivity index (χ2v) is 5.75. The Labute approximate surface area is 177 Å². The van der Waals surface area contributed by atoms with Crippen LogP contribution in [-0.4, -0.2) is 23.9 Å². The molecule has 0 saturated carbocycles. The molecule has 0 rings (SSSR count). The van der Waals surface area contributed by atoms with Gasteiger partial charge in [-0.2, -0.15) is 0 Å². The van der Waals surface area contributed by atoms with E-state index in [1.807, 2.05) is 0 Å². The van der Waals surface area contributed by atoms with E-state index in [2.05, 4.69) is 0 Å². The molecule has 0 saturated heterocycles. The molecule has 0 heterocycles. The Balaban J connectivity index is -0.000000173. The molecule has 0 aliphatic heterocycles. The van der Waals surface area contributed by atoms with Gasteiger partial charge >= 0.3 is 39.0 Å². The Kier molecular flexibility index (Phi) is 21.2.